The van der Waals surface area contributed by atoms with Gasteiger partial charge in [-0.05, 0) is 40.1 Å². The Labute approximate surface area is 115 Å². The summed E-state index contributed by atoms with van der Waals surface area (Å²) in [4.78, 5) is 8.19. The van der Waals surface area contributed by atoms with Crippen molar-refractivity contribution in [2.45, 2.75) is 19.9 Å². The topological polar surface area (TPSA) is 37.8 Å². The minimum absolute atomic E-state index is 0.803. The summed E-state index contributed by atoms with van der Waals surface area (Å²) in [5.74, 6) is 0.895. The third-order valence-corrected chi connectivity index (χ3v) is 3.40. The van der Waals surface area contributed by atoms with Crippen LogP contribution < -0.4 is 5.32 Å². The molecule has 0 atom stereocenters. The van der Waals surface area contributed by atoms with Crippen LogP contribution in [0.1, 0.15) is 18.1 Å². The molecule has 0 saturated heterocycles. The van der Waals surface area contributed by atoms with E-state index in [1.165, 1.54) is 11.1 Å². The molecule has 0 spiro atoms. The molecule has 0 fully saturated rings. The second-order valence-electron chi connectivity index (χ2n) is 3.70. The summed E-state index contributed by atoms with van der Waals surface area (Å²) >= 11 is 2.23. The van der Waals surface area contributed by atoms with Gasteiger partial charge in [0.1, 0.15) is 12.1 Å². The maximum atomic E-state index is 4.22. The Kier molecular flexibility index (Phi) is 4.30. The maximum absolute atomic E-state index is 4.22. The van der Waals surface area contributed by atoms with Gasteiger partial charge in [0.15, 0.2) is 0 Å². The minimum atomic E-state index is 0.803. The predicted molar refractivity (Wildman–Crippen MR) is 77.9 cm³/mol. The van der Waals surface area contributed by atoms with Gasteiger partial charge in [-0.25, -0.2) is 9.97 Å². The van der Waals surface area contributed by atoms with E-state index in [1.807, 2.05) is 6.20 Å². The Morgan fingerprint density at radius 3 is 2.71 bits per heavy atom. The first kappa shape index (κ1) is 12.3. The molecule has 0 aliphatic heterocycles. The van der Waals surface area contributed by atoms with Gasteiger partial charge in [-0.15, -0.1) is 0 Å². The monoisotopic (exact) mass is 339 g/mol. The Balaban J connectivity index is 2.10. The van der Waals surface area contributed by atoms with Crippen LogP contribution in [-0.4, -0.2) is 9.97 Å². The molecule has 0 aliphatic rings. The Morgan fingerprint density at radius 1 is 1.24 bits per heavy atom. The number of nitrogens with one attached hydrogen (secondary N) is 1. The largest absolute Gasteiger partial charge is 0.365 e. The zero-order valence-corrected chi connectivity index (χ0v) is 11.8. The zero-order chi connectivity index (χ0) is 12.1. The molecule has 1 aromatic carbocycles. The van der Waals surface area contributed by atoms with Crippen LogP contribution in [0, 0.1) is 3.57 Å². The van der Waals surface area contributed by atoms with Crippen molar-refractivity contribution in [1.82, 2.24) is 9.97 Å². The molecule has 0 bridgehead atoms. The number of nitrogens with zero attached hydrogens (tertiary/aromatic N) is 2. The van der Waals surface area contributed by atoms with Crippen molar-refractivity contribution in [3.8, 4) is 0 Å². The fourth-order valence-electron chi connectivity index (χ4n) is 1.70. The van der Waals surface area contributed by atoms with Crippen LogP contribution in [0.25, 0.3) is 0 Å². The summed E-state index contributed by atoms with van der Waals surface area (Å²) in [5, 5.41) is 3.35. The summed E-state index contributed by atoms with van der Waals surface area (Å²) in [6, 6.07) is 8.47. The second-order valence-corrected chi connectivity index (χ2v) is 4.86. The fraction of sp³-hybridized carbons (Fsp3) is 0.231. The summed E-state index contributed by atoms with van der Waals surface area (Å²) in [6.45, 7) is 2.98. The van der Waals surface area contributed by atoms with E-state index in [9.17, 15) is 0 Å². The highest BCUT2D eigenvalue weighted by atomic mass is 127. The molecule has 1 aromatic heterocycles. The van der Waals surface area contributed by atoms with Crippen molar-refractivity contribution in [3.05, 3.63) is 51.5 Å². The molecule has 3 nitrogen and oxygen atoms in total. The highest BCUT2D eigenvalue weighted by molar-refractivity contribution is 14.1. The van der Waals surface area contributed by atoms with Crippen molar-refractivity contribution < 1.29 is 0 Å². The smallest absolute Gasteiger partial charge is 0.143 e. The number of aromatic nitrogens is 2. The van der Waals surface area contributed by atoms with Crippen molar-refractivity contribution >= 4 is 28.4 Å². The standard InChI is InChI=1S/C13H14IN3/c1-2-10-5-3-4-6-11(10)7-16-13-12(14)8-15-9-17-13/h3-6,8-9H,2,7H2,1H3,(H,15,16,17). The van der Waals surface area contributed by atoms with Gasteiger partial charge in [0.2, 0.25) is 0 Å². The summed E-state index contributed by atoms with van der Waals surface area (Å²) in [6.07, 6.45) is 4.43. The SMILES string of the molecule is CCc1ccccc1CNc1ncncc1I. The van der Waals surface area contributed by atoms with E-state index < -0.39 is 0 Å². The predicted octanol–water partition coefficient (Wildman–Crippen LogP) is 3.26. The zero-order valence-electron chi connectivity index (χ0n) is 9.65. The molecule has 0 aliphatic carbocycles. The van der Waals surface area contributed by atoms with E-state index in [4.69, 9.17) is 0 Å². The highest BCUT2D eigenvalue weighted by Crippen LogP contribution is 2.15. The lowest BCUT2D eigenvalue weighted by molar-refractivity contribution is 1.02. The molecule has 1 N–H and O–H groups in total. The molecule has 0 saturated carbocycles. The van der Waals surface area contributed by atoms with E-state index in [1.54, 1.807) is 6.33 Å². The minimum Gasteiger partial charge on any atom is -0.365 e. The van der Waals surface area contributed by atoms with E-state index in [2.05, 4.69) is 69.1 Å². The third-order valence-electron chi connectivity index (χ3n) is 2.61. The van der Waals surface area contributed by atoms with Gasteiger partial charge in [0.05, 0.1) is 3.57 Å². The lowest BCUT2D eigenvalue weighted by atomic mass is 10.1. The van der Waals surface area contributed by atoms with Crippen LogP contribution >= 0.6 is 22.6 Å². The Morgan fingerprint density at radius 2 is 2.00 bits per heavy atom. The lowest BCUT2D eigenvalue weighted by Gasteiger charge is -2.10. The lowest BCUT2D eigenvalue weighted by Crippen LogP contribution is -2.05. The van der Waals surface area contributed by atoms with Gasteiger partial charge in [-0.2, -0.15) is 0 Å². The molecule has 0 unspecified atom stereocenters. The van der Waals surface area contributed by atoms with Crippen molar-refractivity contribution in [2.24, 2.45) is 0 Å². The second kappa shape index (κ2) is 5.95. The van der Waals surface area contributed by atoms with Gasteiger partial charge in [-0.1, -0.05) is 31.2 Å². The summed E-state index contributed by atoms with van der Waals surface area (Å²) < 4.78 is 1.04. The quantitative estimate of drug-likeness (QED) is 0.869. The van der Waals surface area contributed by atoms with Gasteiger partial charge in [0.25, 0.3) is 0 Å². The van der Waals surface area contributed by atoms with Crippen molar-refractivity contribution in [2.75, 3.05) is 5.32 Å². The van der Waals surface area contributed by atoms with Gasteiger partial charge in [-0.3, -0.25) is 0 Å². The third kappa shape index (κ3) is 3.15. The normalized spacial score (nSPS) is 10.2. The van der Waals surface area contributed by atoms with E-state index in [0.717, 1.165) is 22.4 Å². The van der Waals surface area contributed by atoms with Crippen molar-refractivity contribution in [1.29, 1.82) is 0 Å². The molecule has 17 heavy (non-hydrogen) atoms. The number of rotatable bonds is 4. The molecule has 4 heteroatoms. The summed E-state index contributed by atoms with van der Waals surface area (Å²) in [5.41, 5.74) is 2.70. The van der Waals surface area contributed by atoms with Crippen LogP contribution in [0.15, 0.2) is 36.8 Å². The van der Waals surface area contributed by atoms with Gasteiger partial charge >= 0.3 is 0 Å². The Bertz CT molecular complexity index is 500. The summed E-state index contributed by atoms with van der Waals surface area (Å²) in [7, 11) is 0. The molecular weight excluding hydrogens is 325 g/mol. The molecule has 88 valence electrons. The van der Waals surface area contributed by atoms with E-state index >= 15 is 0 Å². The van der Waals surface area contributed by atoms with E-state index in [0.29, 0.717) is 0 Å². The highest BCUT2D eigenvalue weighted by Gasteiger charge is 2.02. The molecule has 0 amide bonds. The van der Waals surface area contributed by atoms with Crippen LogP contribution in [0.2, 0.25) is 0 Å². The number of hydrogen-bond acceptors (Lipinski definition) is 3. The number of halogens is 1. The fourth-order valence-corrected chi connectivity index (χ4v) is 2.19. The molecule has 2 rings (SSSR count). The van der Waals surface area contributed by atoms with Crippen molar-refractivity contribution in [3.63, 3.8) is 0 Å². The number of benzene rings is 1. The molecular formula is C13H14IN3. The van der Waals surface area contributed by atoms with Crippen LogP contribution in [0.5, 0.6) is 0 Å². The van der Waals surface area contributed by atoms with Gasteiger partial charge in [0, 0.05) is 12.7 Å². The van der Waals surface area contributed by atoms with Crippen LogP contribution in [0.4, 0.5) is 5.82 Å². The Hall–Kier alpha value is -1.17. The maximum Gasteiger partial charge on any atom is 0.143 e. The molecule has 0 radical (unpaired) electrons. The van der Waals surface area contributed by atoms with E-state index in [-0.39, 0.29) is 0 Å². The van der Waals surface area contributed by atoms with Gasteiger partial charge < -0.3 is 5.32 Å². The molecule has 1 heterocycles. The number of anilines is 1. The number of aryl methyl sites for hydroxylation is 1. The molecule has 2 aromatic rings. The van der Waals surface area contributed by atoms with Crippen LogP contribution in [0.3, 0.4) is 0 Å². The van der Waals surface area contributed by atoms with Crippen LogP contribution in [-0.2, 0) is 13.0 Å². The number of hydrogen-bond donors (Lipinski definition) is 1. The first-order chi connectivity index (χ1) is 8.31. The first-order valence-electron chi connectivity index (χ1n) is 5.57. The first-order valence-corrected chi connectivity index (χ1v) is 6.65. The average Bonchev–Trinajstić information content (AvgIpc) is 2.38. The average molecular weight is 339 g/mol.